The molecule has 0 saturated heterocycles. The lowest BCUT2D eigenvalue weighted by molar-refractivity contribution is 0.0878. The number of carbonyl (C=O) groups excluding carboxylic acids is 1. The molecule has 2 aromatic heterocycles. The molecule has 0 atom stereocenters. The molecule has 1 fully saturated rings. The molecule has 0 bridgehead atoms. The number of tetrazole rings is 1. The van der Waals surface area contributed by atoms with Crippen LogP contribution in [0, 0.1) is 5.92 Å². The largest absolute Gasteiger partial charge is 0.290 e. The van der Waals surface area contributed by atoms with Gasteiger partial charge in [0.25, 0.3) is 0 Å². The van der Waals surface area contributed by atoms with Crippen LogP contribution in [0.4, 0.5) is 0 Å². The van der Waals surface area contributed by atoms with Crippen molar-refractivity contribution in [2.75, 3.05) is 0 Å². The van der Waals surface area contributed by atoms with Crippen molar-refractivity contribution in [3.8, 4) is 22.5 Å². The van der Waals surface area contributed by atoms with E-state index in [-0.39, 0.29) is 11.7 Å². The molecule has 1 N–H and O–H groups in total. The SMILES string of the molecule is CCCCn1nc(C(=O)C2CCCCC2)nc1Cc1ccc(-c2ccccc2-c2nn[nH]n2)cc1. The smallest absolute Gasteiger partial charge is 0.217 e. The first kappa shape index (κ1) is 23.1. The monoisotopic (exact) mass is 469 g/mol. The van der Waals surface area contributed by atoms with Crippen molar-refractivity contribution in [1.29, 1.82) is 0 Å². The summed E-state index contributed by atoms with van der Waals surface area (Å²) in [4.78, 5) is 17.8. The van der Waals surface area contributed by atoms with Crippen molar-refractivity contribution in [2.24, 2.45) is 5.92 Å². The third-order valence-electron chi connectivity index (χ3n) is 6.81. The quantitative estimate of drug-likeness (QED) is 0.335. The molecule has 1 aliphatic rings. The summed E-state index contributed by atoms with van der Waals surface area (Å²) in [7, 11) is 0. The number of ketones is 1. The van der Waals surface area contributed by atoms with Gasteiger partial charge in [-0.15, -0.1) is 15.3 Å². The number of unbranched alkanes of at least 4 members (excludes halogenated alkanes) is 1. The van der Waals surface area contributed by atoms with Crippen molar-refractivity contribution in [2.45, 2.75) is 64.8 Å². The van der Waals surface area contributed by atoms with Crippen molar-refractivity contribution in [3.05, 3.63) is 65.7 Å². The predicted octanol–water partition coefficient (Wildman–Crippen LogP) is 5.28. The molecule has 0 spiro atoms. The fraction of sp³-hybridized carbons (Fsp3) is 0.407. The van der Waals surface area contributed by atoms with Crippen molar-refractivity contribution < 1.29 is 4.79 Å². The number of H-pyrrole nitrogens is 1. The minimum absolute atomic E-state index is 0.0807. The maximum absolute atomic E-state index is 13.1. The third kappa shape index (κ3) is 5.21. The number of nitrogens with one attached hydrogen (secondary N) is 1. The van der Waals surface area contributed by atoms with Gasteiger partial charge in [0.2, 0.25) is 17.4 Å². The molecule has 180 valence electrons. The summed E-state index contributed by atoms with van der Waals surface area (Å²) < 4.78 is 1.94. The fourth-order valence-corrected chi connectivity index (χ4v) is 4.83. The van der Waals surface area contributed by atoms with Crippen LogP contribution in [0.1, 0.15) is 73.9 Å². The van der Waals surface area contributed by atoms with Gasteiger partial charge < -0.3 is 0 Å². The topological polar surface area (TPSA) is 102 Å². The molecule has 8 nitrogen and oxygen atoms in total. The Balaban J connectivity index is 1.37. The van der Waals surface area contributed by atoms with E-state index >= 15 is 0 Å². The van der Waals surface area contributed by atoms with Crippen LogP contribution in [0.2, 0.25) is 0 Å². The molecular formula is C27H31N7O. The molecule has 1 aliphatic carbocycles. The molecule has 0 radical (unpaired) electrons. The Bertz CT molecular complexity index is 1260. The van der Waals surface area contributed by atoms with Crippen LogP contribution in [-0.2, 0) is 13.0 Å². The van der Waals surface area contributed by atoms with Gasteiger partial charge in [0.15, 0.2) is 0 Å². The molecule has 2 aromatic carbocycles. The summed E-state index contributed by atoms with van der Waals surface area (Å²) in [5.74, 6) is 2.03. The summed E-state index contributed by atoms with van der Waals surface area (Å²) >= 11 is 0. The van der Waals surface area contributed by atoms with Gasteiger partial charge in [-0.1, -0.05) is 81.1 Å². The zero-order chi connectivity index (χ0) is 24.0. The highest BCUT2D eigenvalue weighted by Gasteiger charge is 2.26. The molecule has 35 heavy (non-hydrogen) atoms. The summed E-state index contributed by atoms with van der Waals surface area (Å²) in [5.41, 5.74) is 4.19. The maximum Gasteiger partial charge on any atom is 0.217 e. The van der Waals surface area contributed by atoms with Crippen molar-refractivity contribution in [1.82, 2.24) is 35.4 Å². The van der Waals surface area contributed by atoms with Crippen LogP contribution >= 0.6 is 0 Å². The second kappa shape index (κ2) is 10.7. The maximum atomic E-state index is 13.1. The Morgan fingerprint density at radius 1 is 1.03 bits per heavy atom. The average molecular weight is 470 g/mol. The van der Waals surface area contributed by atoms with Crippen LogP contribution in [0.5, 0.6) is 0 Å². The predicted molar refractivity (Wildman–Crippen MR) is 134 cm³/mol. The average Bonchev–Trinajstić information content (AvgIpc) is 3.59. The van der Waals surface area contributed by atoms with E-state index in [2.05, 4.69) is 63.0 Å². The number of hydrogen-bond acceptors (Lipinski definition) is 6. The first-order chi connectivity index (χ1) is 17.2. The van der Waals surface area contributed by atoms with Crippen LogP contribution < -0.4 is 0 Å². The molecular weight excluding hydrogens is 438 g/mol. The summed E-state index contributed by atoms with van der Waals surface area (Å²) in [6.07, 6.45) is 8.13. The fourth-order valence-electron chi connectivity index (χ4n) is 4.83. The standard InChI is InChI=1S/C27H31N7O/c1-2-3-17-34-24(28-27(31-34)25(35)21-9-5-4-6-10-21)18-19-13-15-20(16-14-19)22-11-7-8-12-23(22)26-29-32-33-30-26/h7-8,11-16,21H,2-6,9-10,17-18H2,1H3,(H,29,30,32,33). The van der Waals surface area contributed by atoms with E-state index in [1.54, 1.807) is 0 Å². The number of Topliss-reactive ketones (excluding diaryl/α,β-unsaturated/α-hetero) is 1. The van der Waals surface area contributed by atoms with Gasteiger partial charge in [-0.25, -0.2) is 9.67 Å². The van der Waals surface area contributed by atoms with Crippen LogP contribution in [0.3, 0.4) is 0 Å². The van der Waals surface area contributed by atoms with E-state index in [1.807, 2.05) is 22.9 Å². The third-order valence-corrected chi connectivity index (χ3v) is 6.81. The Morgan fingerprint density at radius 3 is 2.51 bits per heavy atom. The highest BCUT2D eigenvalue weighted by Crippen LogP contribution is 2.30. The molecule has 0 unspecified atom stereocenters. The summed E-state index contributed by atoms with van der Waals surface area (Å²) in [5, 5.41) is 19.1. The zero-order valence-corrected chi connectivity index (χ0v) is 20.2. The second-order valence-corrected chi connectivity index (χ2v) is 9.28. The Labute approximate surface area is 205 Å². The lowest BCUT2D eigenvalue weighted by atomic mass is 9.86. The molecule has 8 heteroatoms. The number of carbonyl (C=O) groups is 1. The number of hydrogen-bond donors (Lipinski definition) is 1. The van der Waals surface area contributed by atoms with Gasteiger partial charge in [0.1, 0.15) is 5.82 Å². The Kier molecular flexibility index (Phi) is 7.07. The number of benzene rings is 2. The van der Waals surface area contributed by atoms with E-state index in [4.69, 9.17) is 4.98 Å². The van der Waals surface area contributed by atoms with Gasteiger partial charge in [-0.2, -0.15) is 5.21 Å². The van der Waals surface area contributed by atoms with Crippen molar-refractivity contribution in [3.63, 3.8) is 0 Å². The van der Waals surface area contributed by atoms with E-state index < -0.39 is 0 Å². The van der Waals surface area contributed by atoms with Crippen molar-refractivity contribution >= 4 is 5.78 Å². The first-order valence-corrected chi connectivity index (χ1v) is 12.6. The lowest BCUT2D eigenvalue weighted by Gasteiger charge is -2.18. The van der Waals surface area contributed by atoms with Gasteiger partial charge in [0, 0.05) is 24.4 Å². The van der Waals surface area contributed by atoms with E-state index in [9.17, 15) is 4.79 Å². The second-order valence-electron chi connectivity index (χ2n) is 9.28. The molecule has 2 heterocycles. The molecule has 5 rings (SSSR count). The first-order valence-electron chi connectivity index (χ1n) is 12.6. The highest BCUT2D eigenvalue weighted by atomic mass is 16.1. The van der Waals surface area contributed by atoms with Crippen LogP contribution in [-0.4, -0.2) is 41.2 Å². The van der Waals surface area contributed by atoms with E-state index in [0.29, 0.717) is 18.1 Å². The Morgan fingerprint density at radius 2 is 1.80 bits per heavy atom. The minimum Gasteiger partial charge on any atom is -0.290 e. The number of aromatic amines is 1. The number of aromatic nitrogens is 7. The van der Waals surface area contributed by atoms with Gasteiger partial charge >= 0.3 is 0 Å². The summed E-state index contributed by atoms with van der Waals surface area (Å²) in [6, 6.07) is 16.5. The van der Waals surface area contributed by atoms with Crippen LogP contribution in [0.25, 0.3) is 22.5 Å². The number of aryl methyl sites for hydroxylation is 1. The summed E-state index contributed by atoms with van der Waals surface area (Å²) in [6.45, 7) is 2.95. The van der Waals surface area contributed by atoms with Crippen LogP contribution in [0.15, 0.2) is 48.5 Å². The van der Waals surface area contributed by atoms with Gasteiger partial charge in [-0.3, -0.25) is 4.79 Å². The zero-order valence-electron chi connectivity index (χ0n) is 20.2. The van der Waals surface area contributed by atoms with E-state index in [1.165, 1.54) is 6.42 Å². The van der Waals surface area contributed by atoms with E-state index in [0.717, 1.165) is 73.1 Å². The molecule has 0 amide bonds. The number of nitrogens with zero attached hydrogens (tertiary/aromatic N) is 6. The molecule has 4 aromatic rings. The normalized spacial score (nSPS) is 14.3. The highest BCUT2D eigenvalue weighted by molar-refractivity contribution is 5.94. The lowest BCUT2D eigenvalue weighted by Crippen LogP contribution is -2.19. The number of rotatable bonds is 9. The molecule has 1 saturated carbocycles. The molecule has 0 aliphatic heterocycles. The van der Waals surface area contributed by atoms with Gasteiger partial charge in [0.05, 0.1) is 0 Å². The van der Waals surface area contributed by atoms with Gasteiger partial charge in [-0.05, 0) is 41.2 Å². The Hall–Kier alpha value is -3.68. The minimum atomic E-state index is 0.0807.